The predicted octanol–water partition coefficient (Wildman–Crippen LogP) is 2.09. The number of anilines is 1. The summed E-state index contributed by atoms with van der Waals surface area (Å²) < 4.78 is 30.0. The van der Waals surface area contributed by atoms with Crippen LogP contribution in [-0.2, 0) is 5.54 Å². The fourth-order valence-corrected chi connectivity index (χ4v) is 4.13. The minimum Gasteiger partial charge on any atom is -0.477 e. The van der Waals surface area contributed by atoms with Gasteiger partial charge in [-0.1, -0.05) is 0 Å². The molecule has 2 aliphatic rings. The van der Waals surface area contributed by atoms with Crippen LogP contribution in [0.25, 0.3) is 10.9 Å². The van der Waals surface area contributed by atoms with E-state index >= 15 is 0 Å². The molecule has 2 N–H and O–H groups in total. The summed E-state index contributed by atoms with van der Waals surface area (Å²) in [5.41, 5.74) is -1.65. The number of benzene rings is 1. The number of carboxylic acid groups (broad SMARTS) is 1. The lowest BCUT2D eigenvalue weighted by atomic mass is 10.0. The zero-order valence-corrected chi connectivity index (χ0v) is 15.1. The third-order valence-corrected chi connectivity index (χ3v) is 5.65. The third kappa shape index (κ3) is 2.70. The van der Waals surface area contributed by atoms with Gasteiger partial charge < -0.3 is 19.9 Å². The van der Waals surface area contributed by atoms with Gasteiger partial charge in [-0.25, -0.2) is 13.6 Å². The Balaban J connectivity index is 1.99. The molecule has 0 radical (unpaired) electrons. The maximum Gasteiger partial charge on any atom is 0.341 e. The average molecular weight is 377 g/mol. The van der Waals surface area contributed by atoms with E-state index in [0.717, 1.165) is 25.2 Å². The first-order chi connectivity index (χ1) is 12.7. The summed E-state index contributed by atoms with van der Waals surface area (Å²) in [4.78, 5) is 26.0. The van der Waals surface area contributed by atoms with Crippen molar-refractivity contribution in [1.29, 1.82) is 0 Å². The Kier molecular flexibility index (Phi) is 3.99. The lowest BCUT2D eigenvalue weighted by molar-refractivity contribution is 0.0694. The van der Waals surface area contributed by atoms with Crippen molar-refractivity contribution in [1.82, 2.24) is 9.88 Å². The largest absolute Gasteiger partial charge is 0.477 e. The molecular formula is C19H21F2N3O3. The summed E-state index contributed by atoms with van der Waals surface area (Å²) in [6.07, 6.45) is 2.09. The Morgan fingerprint density at radius 3 is 2.70 bits per heavy atom. The van der Waals surface area contributed by atoms with Gasteiger partial charge in [0.25, 0.3) is 0 Å². The Hall–Kier alpha value is -2.48. The van der Waals surface area contributed by atoms with Crippen molar-refractivity contribution in [2.24, 2.45) is 0 Å². The quantitative estimate of drug-likeness (QED) is 0.854. The van der Waals surface area contributed by atoms with E-state index in [-0.39, 0.29) is 11.4 Å². The van der Waals surface area contributed by atoms with Gasteiger partial charge in [0.15, 0.2) is 0 Å². The second-order valence-electron chi connectivity index (χ2n) is 7.96. The van der Waals surface area contributed by atoms with E-state index in [1.165, 1.54) is 4.57 Å². The van der Waals surface area contributed by atoms with Crippen molar-refractivity contribution < 1.29 is 18.7 Å². The van der Waals surface area contributed by atoms with Crippen LogP contribution in [-0.4, -0.2) is 47.5 Å². The molecule has 8 heteroatoms. The van der Waals surface area contributed by atoms with Crippen LogP contribution in [0.5, 0.6) is 0 Å². The van der Waals surface area contributed by atoms with Gasteiger partial charge in [0.1, 0.15) is 18.1 Å². The highest BCUT2D eigenvalue weighted by atomic mass is 19.1. The highest BCUT2D eigenvalue weighted by Crippen LogP contribution is 2.34. The standard InChI is InChI=1S/C19H21F2N3O3/c1-19(2,9-20)24-8-13(18(26)27)17(25)12-4-14(21)16(5-15(12)24)23-7-10-3-11(23)6-22-10/h4-5,8,10-11,22H,3,6-7,9H2,1-2H3,(H,26,27)/t10-,11-/m1/s1. The fourth-order valence-electron chi connectivity index (χ4n) is 4.13. The molecule has 2 aliphatic heterocycles. The number of carbonyl (C=O) groups is 1. The molecule has 2 saturated heterocycles. The molecule has 6 nitrogen and oxygen atoms in total. The molecule has 2 fully saturated rings. The summed E-state index contributed by atoms with van der Waals surface area (Å²) in [7, 11) is 0. The van der Waals surface area contributed by atoms with E-state index in [2.05, 4.69) is 5.32 Å². The number of hydrogen-bond donors (Lipinski definition) is 2. The molecular weight excluding hydrogens is 356 g/mol. The zero-order chi connectivity index (χ0) is 19.5. The molecule has 27 heavy (non-hydrogen) atoms. The van der Waals surface area contributed by atoms with E-state index in [0.29, 0.717) is 23.8 Å². The van der Waals surface area contributed by atoms with Gasteiger partial charge in [0, 0.05) is 36.8 Å². The van der Waals surface area contributed by atoms with Gasteiger partial charge in [0.2, 0.25) is 5.43 Å². The predicted molar refractivity (Wildman–Crippen MR) is 98.0 cm³/mol. The highest BCUT2D eigenvalue weighted by Gasteiger charge is 2.39. The third-order valence-electron chi connectivity index (χ3n) is 5.65. The fraction of sp³-hybridized carbons (Fsp3) is 0.474. The number of hydrogen-bond acceptors (Lipinski definition) is 4. The highest BCUT2D eigenvalue weighted by molar-refractivity contribution is 5.93. The van der Waals surface area contributed by atoms with Crippen molar-refractivity contribution in [3.05, 3.63) is 39.9 Å². The Morgan fingerprint density at radius 1 is 1.41 bits per heavy atom. The molecule has 1 aromatic heterocycles. The molecule has 144 valence electrons. The van der Waals surface area contributed by atoms with Crippen LogP contribution in [0.15, 0.2) is 23.1 Å². The van der Waals surface area contributed by atoms with Crippen molar-refractivity contribution in [3.63, 3.8) is 0 Å². The second-order valence-corrected chi connectivity index (χ2v) is 7.96. The number of pyridine rings is 1. The smallest absolute Gasteiger partial charge is 0.341 e. The Bertz CT molecular complexity index is 1000. The van der Waals surface area contributed by atoms with E-state index in [4.69, 9.17) is 0 Å². The molecule has 2 atom stereocenters. The number of halogens is 2. The van der Waals surface area contributed by atoms with Gasteiger partial charge in [0.05, 0.1) is 16.7 Å². The maximum absolute atomic E-state index is 14.9. The van der Waals surface area contributed by atoms with Crippen molar-refractivity contribution in [2.45, 2.75) is 37.9 Å². The molecule has 0 aliphatic carbocycles. The molecule has 0 amide bonds. The first-order valence-electron chi connectivity index (χ1n) is 8.91. The minimum absolute atomic E-state index is 0.0554. The minimum atomic E-state index is -1.42. The van der Waals surface area contributed by atoms with Gasteiger partial charge >= 0.3 is 5.97 Å². The van der Waals surface area contributed by atoms with Gasteiger partial charge in [-0.3, -0.25) is 4.79 Å². The number of piperazine rings is 1. The summed E-state index contributed by atoms with van der Waals surface area (Å²) in [6, 6.07) is 3.12. The van der Waals surface area contributed by atoms with Crippen LogP contribution in [0.1, 0.15) is 30.6 Å². The molecule has 0 spiro atoms. The molecule has 1 aromatic carbocycles. The van der Waals surface area contributed by atoms with Crippen molar-refractivity contribution in [2.75, 3.05) is 24.7 Å². The number of fused-ring (bicyclic) bond motifs is 3. The number of aromatic nitrogens is 1. The van der Waals surface area contributed by atoms with E-state index in [9.17, 15) is 23.5 Å². The topological polar surface area (TPSA) is 74.6 Å². The van der Waals surface area contributed by atoms with E-state index in [1.54, 1.807) is 19.9 Å². The van der Waals surface area contributed by atoms with E-state index < -0.39 is 35.0 Å². The van der Waals surface area contributed by atoms with Crippen molar-refractivity contribution in [3.8, 4) is 0 Å². The molecule has 2 bridgehead atoms. The first kappa shape index (κ1) is 17.9. The normalized spacial score (nSPS) is 22.0. The summed E-state index contributed by atoms with van der Waals surface area (Å²) in [6.45, 7) is 3.87. The van der Waals surface area contributed by atoms with Gasteiger partial charge in [-0.2, -0.15) is 0 Å². The Labute approximate surface area is 154 Å². The zero-order valence-electron chi connectivity index (χ0n) is 15.1. The number of nitrogens with zero attached hydrogens (tertiary/aromatic N) is 2. The van der Waals surface area contributed by atoms with Crippen LogP contribution >= 0.6 is 0 Å². The summed E-state index contributed by atoms with van der Waals surface area (Å²) in [5, 5.41) is 12.6. The van der Waals surface area contributed by atoms with Crippen LogP contribution < -0.4 is 15.6 Å². The van der Waals surface area contributed by atoms with Crippen LogP contribution in [0, 0.1) is 5.82 Å². The van der Waals surface area contributed by atoms with Gasteiger partial charge in [-0.05, 0) is 32.4 Å². The first-order valence-corrected chi connectivity index (χ1v) is 8.91. The van der Waals surface area contributed by atoms with E-state index in [1.807, 2.05) is 4.90 Å². The number of rotatable bonds is 4. The number of nitrogens with one attached hydrogen (secondary N) is 1. The lowest BCUT2D eigenvalue weighted by Gasteiger charge is -2.32. The molecule has 0 unspecified atom stereocenters. The van der Waals surface area contributed by atoms with Gasteiger partial charge in [-0.15, -0.1) is 0 Å². The monoisotopic (exact) mass is 377 g/mol. The molecule has 3 heterocycles. The second kappa shape index (κ2) is 6.02. The van der Waals surface area contributed by atoms with Crippen molar-refractivity contribution >= 4 is 22.6 Å². The number of carboxylic acids is 1. The molecule has 0 saturated carbocycles. The van der Waals surface area contributed by atoms with Crippen LogP contribution in [0.2, 0.25) is 0 Å². The molecule has 4 rings (SSSR count). The average Bonchev–Trinajstić information content (AvgIpc) is 3.24. The Morgan fingerprint density at radius 2 is 2.15 bits per heavy atom. The summed E-state index contributed by atoms with van der Waals surface area (Å²) in [5.74, 6) is -1.99. The molecule has 2 aromatic rings. The van der Waals surface area contributed by atoms with Crippen LogP contribution in [0.4, 0.5) is 14.5 Å². The number of aromatic carboxylic acids is 1. The SMILES string of the molecule is CC(C)(CF)n1cc(C(=O)O)c(=O)c2cc(F)c(N3C[C@H]4C[C@@H]3CN4)cc21. The lowest BCUT2D eigenvalue weighted by Crippen LogP contribution is -2.44. The number of alkyl halides is 1. The van der Waals surface area contributed by atoms with Crippen LogP contribution in [0.3, 0.4) is 0 Å². The maximum atomic E-state index is 14.9. The summed E-state index contributed by atoms with van der Waals surface area (Å²) >= 11 is 0.